The first-order valence-corrected chi connectivity index (χ1v) is 6.21. The number of rotatable bonds is 2. The first kappa shape index (κ1) is 12.0. The molecule has 0 heterocycles. The Balaban J connectivity index is 2.33. The van der Waals surface area contributed by atoms with E-state index in [1.807, 2.05) is 0 Å². The molecule has 92 valence electrons. The Morgan fingerprint density at radius 3 is 2.53 bits per heavy atom. The third kappa shape index (κ3) is 2.43. The van der Waals surface area contributed by atoms with Gasteiger partial charge >= 0.3 is 5.97 Å². The lowest BCUT2D eigenvalue weighted by Crippen LogP contribution is -2.16. The summed E-state index contributed by atoms with van der Waals surface area (Å²) in [5.41, 5.74) is 7.82. The van der Waals surface area contributed by atoms with Crippen LogP contribution in [0.25, 0.3) is 0 Å². The lowest BCUT2D eigenvalue weighted by molar-refractivity contribution is 0.0694. The molecular weight excluding hydrogens is 214 g/mol. The first-order chi connectivity index (χ1) is 8.09. The third-order valence-corrected chi connectivity index (χ3v) is 3.79. The van der Waals surface area contributed by atoms with Crippen LogP contribution < -0.4 is 5.73 Å². The second kappa shape index (κ2) is 4.78. The standard InChI is InChI=1S/C14H19NO2/c1-9-5-7-10(8-6-9)13-11(14(16)17)3-2-4-12(13)15/h2-4,9-10H,5-8,15H2,1H3,(H,16,17). The molecule has 1 aliphatic carbocycles. The van der Waals surface area contributed by atoms with Crippen LogP contribution in [0.1, 0.15) is 54.4 Å². The second-order valence-electron chi connectivity index (χ2n) is 5.07. The lowest BCUT2D eigenvalue weighted by atomic mass is 9.77. The number of nitrogen functional groups attached to an aromatic ring is 1. The molecule has 1 aromatic rings. The SMILES string of the molecule is CC1CCC(c2c(N)cccc2C(=O)O)CC1. The van der Waals surface area contributed by atoms with Crippen molar-refractivity contribution < 1.29 is 9.90 Å². The number of nitrogens with two attached hydrogens (primary N) is 1. The van der Waals surface area contributed by atoms with Gasteiger partial charge in [-0.15, -0.1) is 0 Å². The van der Waals surface area contributed by atoms with E-state index in [1.165, 1.54) is 0 Å². The van der Waals surface area contributed by atoms with Crippen LogP contribution in [-0.2, 0) is 0 Å². The van der Waals surface area contributed by atoms with Gasteiger partial charge in [0.15, 0.2) is 0 Å². The summed E-state index contributed by atoms with van der Waals surface area (Å²) in [6, 6.07) is 5.18. The highest BCUT2D eigenvalue weighted by Crippen LogP contribution is 2.39. The van der Waals surface area contributed by atoms with Gasteiger partial charge in [-0.25, -0.2) is 4.79 Å². The highest BCUT2D eigenvalue weighted by Gasteiger charge is 2.25. The maximum atomic E-state index is 11.2. The zero-order chi connectivity index (χ0) is 12.4. The van der Waals surface area contributed by atoms with Gasteiger partial charge in [0.2, 0.25) is 0 Å². The molecule has 3 N–H and O–H groups in total. The van der Waals surface area contributed by atoms with Crippen LogP contribution in [0.15, 0.2) is 18.2 Å². The molecule has 17 heavy (non-hydrogen) atoms. The van der Waals surface area contributed by atoms with Gasteiger partial charge in [-0.3, -0.25) is 0 Å². The molecule has 0 unspecified atom stereocenters. The maximum absolute atomic E-state index is 11.2. The van der Waals surface area contributed by atoms with E-state index < -0.39 is 5.97 Å². The van der Waals surface area contributed by atoms with E-state index in [2.05, 4.69) is 6.92 Å². The van der Waals surface area contributed by atoms with Gasteiger partial charge in [0.1, 0.15) is 0 Å². The lowest BCUT2D eigenvalue weighted by Gasteiger charge is -2.28. The number of carboxylic acid groups (broad SMARTS) is 1. The smallest absolute Gasteiger partial charge is 0.336 e. The number of aromatic carboxylic acids is 1. The Hall–Kier alpha value is -1.51. The molecule has 0 aliphatic heterocycles. The van der Waals surface area contributed by atoms with E-state index in [4.69, 9.17) is 5.73 Å². The zero-order valence-electron chi connectivity index (χ0n) is 10.1. The third-order valence-electron chi connectivity index (χ3n) is 3.79. The number of hydrogen-bond donors (Lipinski definition) is 2. The normalized spacial score (nSPS) is 24.5. The highest BCUT2D eigenvalue weighted by molar-refractivity contribution is 5.91. The molecule has 1 aromatic carbocycles. The second-order valence-corrected chi connectivity index (χ2v) is 5.07. The Kier molecular flexibility index (Phi) is 3.36. The summed E-state index contributed by atoms with van der Waals surface area (Å²) in [6.45, 7) is 2.25. The molecule has 0 bridgehead atoms. The van der Waals surface area contributed by atoms with Gasteiger partial charge < -0.3 is 10.8 Å². The maximum Gasteiger partial charge on any atom is 0.336 e. The number of benzene rings is 1. The monoisotopic (exact) mass is 233 g/mol. The van der Waals surface area contributed by atoms with E-state index >= 15 is 0 Å². The molecule has 0 radical (unpaired) electrons. The van der Waals surface area contributed by atoms with E-state index in [0.717, 1.165) is 37.2 Å². The summed E-state index contributed by atoms with van der Waals surface area (Å²) in [6.07, 6.45) is 4.43. The molecule has 0 saturated heterocycles. The van der Waals surface area contributed by atoms with Crippen LogP contribution in [0.4, 0.5) is 5.69 Å². The Morgan fingerprint density at radius 2 is 1.94 bits per heavy atom. The largest absolute Gasteiger partial charge is 0.478 e. The number of anilines is 1. The number of hydrogen-bond acceptors (Lipinski definition) is 2. The van der Waals surface area contributed by atoms with Gasteiger partial charge in [0.25, 0.3) is 0 Å². The van der Waals surface area contributed by atoms with Crippen molar-refractivity contribution >= 4 is 11.7 Å². The number of carbonyl (C=O) groups is 1. The molecule has 0 aromatic heterocycles. The molecule has 0 spiro atoms. The Morgan fingerprint density at radius 1 is 1.29 bits per heavy atom. The zero-order valence-corrected chi connectivity index (χ0v) is 10.1. The minimum Gasteiger partial charge on any atom is -0.478 e. The van der Waals surface area contributed by atoms with Crippen molar-refractivity contribution in [1.82, 2.24) is 0 Å². The Labute approximate surface area is 102 Å². The molecule has 2 rings (SSSR count). The quantitative estimate of drug-likeness (QED) is 0.771. The minimum absolute atomic E-state index is 0.318. The fraction of sp³-hybridized carbons (Fsp3) is 0.500. The minimum atomic E-state index is -0.870. The molecule has 1 fully saturated rings. The molecule has 0 amide bonds. The van der Waals surface area contributed by atoms with Crippen molar-refractivity contribution in [3.8, 4) is 0 Å². The number of carboxylic acids is 1. The van der Waals surface area contributed by atoms with E-state index in [-0.39, 0.29) is 0 Å². The van der Waals surface area contributed by atoms with Gasteiger partial charge in [0, 0.05) is 5.69 Å². The average Bonchev–Trinajstić information content (AvgIpc) is 2.30. The van der Waals surface area contributed by atoms with Crippen molar-refractivity contribution in [2.24, 2.45) is 5.92 Å². The van der Waals surface area contributed by atoms with Crippen LogP contribution in [0.2, 0.25) is 0 Å². The molecule has 3 heteroatoms. The van der Waals surface area contributed by atoms with E-state index in [0.29, 0.717) is 17.2 Å². The van der Waals surface area contributed by atoms with Crippen LogP contribution in [-0.4, -0.2) is 11.1 Å². The van der Waals surface area contributed by atoms with Crippen molar-refractivity contribution in [2.75, 3.05) is 5.73 Å². The van der Waals surface area contributed by atoms with Gasteiger partial charge in [-0.1, -0.05) is 25.8 Å². The Bertz CT molecular complexity index is 420. The fourth-order valence-electron chi connectivity index (χ4n) is 2.77. The summed E-state index contributed by atoms with van der Waals surface area (Å²) in [4.78, 5) is 11.2. The summed E-state index contributed by atoms with van der Waals surface area (Å²) in [5.74, 6) is 0.203. The molecule has 1 saturated carbocycles. The van der Waals surface area contributed by atoms with Gasteiger partial charge in [0.05, 0.1) is 5.56 Å². The van der Waals surface area contributed by atoms with Crippen LogP contribution in [0.3, 0.4) is 0 Å². The average molecular weight is 233 g/mol. The van der Waals surface area contributed by atoms with Gasteiger partial charge in [-0.2, -0.15) is 0 Å². The topological polar surface area (TPSA) is 63.3 Å². The van der Waals surface area contributed by atoms with Crippen molar-refractivity contribution in [2.45, 2.75) is 38.5 Å². The van der Waals surface area contributed by atoms with Gasteiger partial charge in [-0.05, 0) is 42.4 Å². The highest BCUT2D eigenvalue weighted by atomic mass is 16.4. The van der Waals surface area contributed by atoms with Crippen LogP contribution in [0, 0.1) is 5.92 Å². The predicted molar refractivity (Wildman–Crippen MR) is 68.2 cm³/mol. The summed E-state index contributed by atoms with van der Waals surface area (Å²) in [7, 11) is 0. The van der Waals surface area contributed by atoms with Crippen molar-refractivity contribution in [1.29, 1.82) is 0 Å². The first-order valence-electron chi connectivity index (χ1n) is 6.21. The van der Waals surface area contributed by atoms with E-state index in [9.17, 15) is 9.90 Å². The summed E-state index contributed by atoms with van der Waals surface area (Å²) in [5, 5.41) is 9.22. The molecule has 0 atom stereocenters. The fourth-order valence-corrected chi connectivity index (χ4v) is 2.77. The summed E-state index contributed by atoms with van der Waals surface area (Å²) < 4.78 is 0. The van der Waals surface area contributed by atoms with Crippen molar-refractivity contribution in [3.05, 3.63) is 29.3 Å². The van der Waals surface area contributed by atoms with Crippen molar-refractivity contribution in [3.63, 3.8) is 0 Å². The molecule has 1 aliphatic rings. The van der Waals surface area contributed by atoms with Crippen LogP contribution in [0.5, 0.6) is 0 Å². The molecular formula is C14H19NO2. The molecule has 3 nitrogen and oxygen atoms in total. The van der Waals surface area contributed by atoms with E-state index in [1.54, 1.807) is 18.2 Å². The predicted octanol–water partition coefficient (Wildman–Crippen LogP) is 3.26. The summed E-state index contributed by atoms with van der Waals surface area (Å²) >= 11 is 0. The van der Waals surface area contributed by atoms with Crippen LogP contribution >= 0.6 is 0 Å².